The molecular weight excluding hydrogens is 180 g/mol. The van der Waals surface area contributed by atoms with Gasteiger partial charge in [-0.05, 0) is 25.5 Å². The van der Waals surface area contributed by atoms with Gasteiger partial charge in [-0.2, -0.15) is 11.8 Å². The van der Waals surface area contributed by atoms with Crippen LogP contribution in [0.3, 0.4) is 0 Å². The topological polar surface area (TPSA) is 26.0 Å². The van der Waals surface area contributed by atoms with Crippen LogP contribution in [0.25, 0.3) is 0 Å². The molecule has 0 saturated carbocycles. The van der Waals surface area contributed by atoms with Crippen molar-refractivity contribution in [2.45, 2.75) is 37.6 Å². The van der Waals surface area contributed by atoms with Crippen molar-refractivity contribution in [1.82, 2.24) is 0 Å². The van der Waals surface area contributed by atoms with Crippen molar-refractivity contribution in [3.8, 4) is 0 Å². The molecule has 0 aliphatic carbocycles. The number of rotatable bonds is 2. The van der Waals surface area contributed by atoms with Crippen molar-refractivity contribution in [2.75, 3.05) is 11.5 Å². The lowest BCUT2D eigenvalue weighted by molar-refractivity contribution is -0.00765. The zero-order chi connectivity index (χ0) is 9.24. The van der Waals surface area contributed by atoms with Gasteiger partial charge in [0.15, 0.2) is 0 Å². The van der Waals surface area contributed by atoms with Gasteiger partial charge in [-0.15, -0.1) is 0 Å². The van der Waals surface area contributed by atoms with Crippen LogP contribution in [0.15, 0.2) is 0 Å². The Labute approximate surface area is 76.1 Å². The molecule has 12 heavy (non-hydrogen) atoms. The van der Waals surface area contributed by atoms with Gasteiger partial charge < -0.3 is 5.73 Å². The molecule has 0 radical (unpaired) electrons. The van der Waals surface area contributed by atoms with E-state index in [0.29, 0.717) is 5.75 Å². The summed E-state index contributed by atoms with van der Waals surface area (Å²) in [4.78, 5) is 0. The zero-order valence-electron chi connectivity index (χ0n) is 7.28. The smallest absolute Gasteiger partial charge is 0.247 e. The van der Waals surface area contributed by atoms with Crippen molar-refractivity contribution in [2.24, 2.45) is 5.73 Å². The van der Waals surface area contributed by atoms with Gasteiger partial charge in [-0.3, -0.25) is 0 Å². The fraction of sp³-hybridized carbons (Fsp3) is 1.00. The van der Waals surface area contributed by atoms with Crippen LogP contribution in [0, 0.1) is 0 Å². The highest BCUT2D eigenvalue weighted by atomic mass is 32.2. The molecule has 1 nitrogen and oxygen atoms in total. The number of alkyl halides is 2. The molecular formula is C8H15F2NS. The minimum absolute atomic E-state index is 0.174. The second kappa shape index (κ2) is 3.50. The second-order valence-electron chi connectivity index (χ2n) is 3.77. The summed E-state index contributed by atoms with van der Waals surface area (Å²) in [5.41, 5.74) is 5.22. The Morgan fingerprint density at radius 1 is 1.58 bits per heavy atom. The number of thioether (sulfide) groups is 1. The molecule has 1 unspecified atom stereocenters. The van der Waals surface area contributed by atoms with E-state index in [2.05, 4.69) is 0 Å². The lowest BCUT2D eigenvalue weighted by Gasteiger charge is -2.34. The minimum atomic E-state index is -2.62. The molecule has 0 amide bonds. The van der Waals surface area contributed by atoms with Crippen LogP contribution in [0.4, 0.5) is 8.78 Å². The number of halogens is 2. The summed E-state index contributed by atoms with van der Waals surface area (Å²) in [5.74, 6) is -0.878. The molecule has 0 spiro atoms. The normalized spacial score (nSPS) is 32.0. The third-order valence-electron chi connectivity index (χ3n) is 2.02. The first-order valence-electron chi connectivity index (χ1n) is 4.16. The Hall–Kier alpha value is 0.170. The predicted molar refractivity (Wildman–Crippen MR) is 48.7 cm³/mol. The highest BCUT2D eigenvalue weighted by Crippen LogP contribution is 2.33. The van der Waals surface area contributed by atoms with E-state index < -0.39 is 11.5 Å². The molecule has 4 heteroatoms. The highest BCUT2D eigenvalue weighted by molar-refractivity contribution is 7.99. The molecule has 2 N–H and O–H groups in total. The number of hydrogen-bond acceptors (Lipinski definition) is 2. The predicted octanol–water partition coefficient (Wildman–Crippen LogP) is 2.26. The van der Waals surface area contributed by atoms with E-state index in [1.54, 1.807) is 11.8 Å². The van der Waals surface area contributed by atoms with E-state index >= 15 is 0 Å². The molecule has 0 bridgehead atoms. The first-order chi connectivity index (χ1) is 5.41. The molecule has 1 aliphatic heterocycles. The quantitative estimate of drug-likeness (QED) is 0.731. The van der Waals surface area contributed by atoms with Crippen molar-refractivity contribution in [3.63, 3.8) is 0 Å². The van der Waals surface area contributed by atoms with Crippen LogP contribution in [0.5, 0.6) is 0 Å². The summed E-state index contributed by atoms with van der Waals surface area (Å²) >= 11 is 1.68. The maximum atomic E-state index is 12.7. The van der Waals surface area contributed by atoms with E-state index in [9.17, 15) is 8.78 Å². The van der Waals surface area contributed by atoms with Crippen LogP contribution in [0.1, 0.15) is 26.2 Å². The minimum Gasteiger partial charge on any atom is -0.324 e. The Morgan fingerprint density at radius 2 is 2.25 bits per heavy atom. The largest absolute Gasteiger partial charge is 0.324 e. The monoisotopic (exact) mass is 195 g/mol. The van der Waals surface area contributed by atoms with Crippen LogP contribution in [0.2, 0.25) is 0 Å². The van der Waals surface area contributed by atoms with Gasteiger partial charge >= 0.3 is 0 Å². The molecule has 0 aromatic carbocycles. The molecule has 1 rings (SSSR count). The first-order valence-corrected chi connectivity index (χ1v) is 5.31. The number of nitrogens with two attached hydrogens (primary N) is 1. The molecule has 1 aliphatic rings. The second-order valence-corrected chi connectivity index (χ2v) is 4.87. The van der Waals surface area contributed by atoms with E-state index in [1.165, 1.54) is 0 Å². The Bertz CT molecular complexity index is 150. The van der Waals surface area contributed by atoms with Gasteiger partial charge in [0.1, 0.15) is 0 Å². The highest BCUT2D eigenvalue weighted by Gasteiger charge is 2.37. The van der Waals surface area contributed by atoms with Gasteiger partial charge in [0.05, 0.1) is 0 Å². The lowest BCUT2D eigenvalue weighted by Crippen LogP contribution is -2.48. The fourth-order valence-corrected chi connectivity index (χ4v) is 2.78. The average molecular weight is 195 g/mol. The fourth-order valence-electron chi connectivity index (χ4n) is 1.63. The van der Waals surface area contributed by atoms with Gasteiger partial charge in [0, 0.05) is 17.7 Å². The summed E-state index contributed by atoms with van der Waals surface area (Å²) in [6.45, 7) is 0.945. The maximum Gasteiger partial charge on any atom is 0.247 e. The molecule has 1 heterocycles. The summed E-state index contributed by atoms with van der Waals surface area (Å²) in [7, 11) is 0. The van der Waals surface area contributed by atoms with Crippen molar-refractivity contribution in [1.29, 1.82) is 0 Å². The van der Waals surface area contributed by atoms with Gasteiger partial charge in [0.2, 0.25) is 5.92 Å². The van der Waals surface area contributed by atoms with E-state index in [-0.39, 0.29) is 6.42 Å². The van der Waals surface area contributed by atoms with Crippen LogP contribution < -0.4 is 5.73 Å². The summed E-state index contributed by atoms with van der Waals surface area (Å²) in [6, 6.07) is 0. The molecule has 1 saturated heterocycles. The Morgan fingerprint density at radius 3 is 2.67 bits per heavy atom. The average Bonchev–Trinajstić information content (AvgIpc) is 1.83. The summed E-state index contributed by atoms with van der Waals surface area (Å²) in [5, 5.41) is 0. The van der Waals surface area contributed by atoms with Crippen LogP contribution >= 0.6 is 11.8 Å². The zero-order valence-corrected chi connectivity index (χ0v) is 8.09. The van der Waals surface area contributed by atoms with Crippen molar-refractivity contribution < 1.29 is 8.78 Å². The van der Waals surface area contributed by atoms with E-state index in [0.717, 1.165) is 25.5 Å². The van der Waals surface area contributed by atoms with E-state index in [4.69, 9.17) is 5.73 Å². The van der Waals surface area contributed by atoms with Gasteiger partial charge in [-0.25, -0.2) is 8.78 Å². The van der Waals surface area contributed by atoms with Crippen molar-refractivity contribution in [3.05, 3.63) is 0 Å². The Kier molecular flexibility index (Phi) is 2.99. The third-order valence-corrected chi connectivity index (χ3v) is 3.37. The standard InChI is InChI=1S/C8H15F2NS/c1-7(9,10)5-8(11)3-2-4-12-6-8/h2-6,11H2,1H3. The molecule has 1 atom stereocenters. The van der Waals surface area contributed by atoms with Gasteiger partial charge in [0.25, 0.3) is 0 Å². The summed E-state index contributed by atoms with van der Waals surface area (Å²) in [6.07, 6.45) is 1.54. The molecule has 0 aromatic heterocycles. The van der Waals surface area contributed by atoms with Crippen LogP contribution in [-0.4, -0.2) is 23.0 Å². The SMILES string of the molecule is CC(F)(F)CC1(N)CCCSC1. The van der Waals surface area contributed by atoms with Crippen molar-refractivity contribution >= 4 is 11.8 Å². The van der Waals surface area contributed by atoms with Gasteiger partial charge in [-0.1, -0.05) is 0 Å². The Balaban J connectivity index is 2.47. The lowest BCUT2D eigenvalue weighted by atomic mass is 9.90. The third kappa shape index (κ3) is 3.27. The maximum absolute atomic E-state index is 12.7. The summed E-state index contributed by atoms with van der Waals surface area (Å²) < 4.78 is 25.3. The molecule has 1 fully saturated rings. The molecule has 0 aromatic rings. The first kappa shape index (κ1) is 10.3. The number of hydrogen-bond donors (Lipinski definition) is 1. The molecule has 72 valence electrons. The van der Waals surface area contributed by atoms with E-state index in [1.807, 2.05) is 0 Å². The van der Waals surface area contributed by atoms with Crippen LogP contribution in [-0.2, 0) is 0 Å².